The molecule has 0 spiro atoms. The van der Waals surface area contributed by atoms with Gasteiger partial charge in [-0.1, -0.05) is 23.8 Å². The maximum atomic E-state index is 12.1. The molecule has 3 nitrogen and oxygen atoms in total. The lowest BCUT2D eigenvalue weighted by molar-refractivity contribution is 0.102. The second-order valence-electron chi connectivity index (χ2n) is 4.03. The summed E-state index contributed by atoms with van der Waals surface area (Å²) in [6, 6.07) is 12.9. The van der Waals surface area contributed by atoms with Crippen molar-refractivity contribution >= 4 is 33.2 Å². The van der Waals surface area contributed by atoms with Crippen molar-refractivity contribution in [3.05, 3.63) is 58.1 Å². The van der Waals surface area contributed by atoms with E-state index in [-0.39, 0.29) is 5.91 Å². The smallest absolute Gasteiger partial charge is 0.256 e. The first-order valence-electron chi connectivity index (χ1n) is 5.50. The molecule has 0 radical (unpaired) electrons. The van der Waals surface area contributed by atoms with Gasteiger partial charge in [-0.3, -0.25) is 4.79 Å². The normalized spacial score (nSPS) is 10.1. The summed E-state index contributed by atoms with van der Waals surface area (Å²) in [6.07, 6.45) is 0. The second kappa shape index (κ2) is 5.23. The number of anilines is 2. The summed E-state index contributed by atoms with van der Waals surface area (Å²) in [5.74, 6) is -0.182. The Kier molecular flexibility index (Phi) is 3.67. The molecule has 2 aromatic rings. The van der Waals surface area contributed by atoms with Crippen LogP contribution in [-0.4, -0.2) is 5.91 Å². The van der Waals surface area contributed by atoms with Gasteiger partial charge in [-0.05, 0) is 47.1 Å². The first-order chi connectivity index (χ1) is 8.58. The monoisotopic (exact) mass is 304 g/mol. The van der Waals surface area contributed by atoms with Crippen molar-refractivity contribution in [1.82, 2.24) is 0 Å². The molecule has 2 aromatic carbocycles. The van der Waals surface area contributed by atoms with Gasteiger partial charge in [0.05, 0.1) is 10.0 Å². The van der Waals surface area contributed by atoms with Crippen LogP contribution in [0.2, 0.25) is 0 Å². The molecule has 1 amide bonds. The largest absolute Gasteiger partial charge is 0.398 e. The van der Waals surface area contributed by atoms with Crippen LogP contribution in [0.3, 0.4) is 0 Å². The van der Waals surface area contributed by atoms with Crippen LogP contribution >= 0.6 is 15.9 Å². The number of nitrogen functional groups attached to an aromatic ring is 1. The zero-order chi connectivity index (χ0) is 13.1. The molecule has 3 N–H and O–H groups in total. The fourth-order valence-electron chi connectivity index (χ4n) is 1.56. The molecule has 0 heterocycles. The molecule has 0 aliphatic carbocycles. The highest BCUT2D eigenvalue weighted by molar-refractivity contribution is 9.10. The molecule has 0 saturated carbocycles. The highest BCUT2D eigenvalue weighted by Crippen LogP contribution is 2.24. The number of hydrogen-bond donors (Lipinski definition) is 2. The van der Waals surface area contributed by atoms with E-state index in [0.29, 0.717) is 15.7 Å². The van der Waals surface area contributed by atoms with Gasteiger partial charge in [0.2, 0.25) is 0 Å². The Labute approximate surface area is 114 Å². The van der Waals surface area contributed by atoms with Gasteiger partial charge in [0.25, 0.3) is 5.91 Å². The van der Waals surface area contributed by atoms with Gasteiger partial charge < -0.3 is 11.1 Å². The van der Waals surface area contributed by atoms with Crippen molar-refractivity contribution in [2.75, 3.05) is 11.1 Å². The number of aryl methyl sites for hydroxylation is 1. The number of rotatable bonds is 2. The van der Waals surface area contributed by atoms with E-state index in [9.17, 15) is 4.79 Å². The van der Waals surface area contributed by atoms with Crippen LogP contribution in [0.4, 0.5) is 11.4 Å². The summed E-state index contributed by atoms with van der Waals surface area (Å²) in [7, 11) is 0. The first-order valence-corrected chi connectivity index (χ1v) is 6.29. The van der Waals surface area contributed by atoms with E-state index in [2.05, 4.69) is 21.2 Å². The van der Waals surface area contributed by atoms with Crippen LogP contribution in [0.5, 0.6) is 0 Å². The highest BCUT2D eigenvalue weighted by Gasteiger charge is 2.11. The van der Waals surface area contributed by atoms with Gasteiger partial charge in [0.15, 0.2) is 0 Å². The van der Waals surface area contributed by atoms with Crippen molar-refractivity contribution in [2.24, 2.45) is 0 Å². The van der Waals surface area contributed by atoms with Crippen molar-refractivity contribution < 1.29 is 4.79 Å². The lowest BCUT2D eigenvalue weighted by Gasteiger charge is -2.08. The van der Waals surface area contributed by atoms with E-state index in [0.717, 1.165) is 11.3 Å². The van der Waals surface area contributed by atoms with Crippen molar-refractivity contribution in [3.63, 3.8) is 0 Å². The predicted octanol–water partition coefficient (Wildman–Crippen LogP) is 3.59. The molecule has 0 aliphatic heterocycles. The van der Waals surface area contributed by atoms with E-state index in [1.54, 1.807) is 18.2 Å². The molecule has 92 valence electrons. The molecule has 0 atom stereocenters. The first kappa shape index (κ1) is 12.6. The quantitative estimate of drug-likeness (QED) is 0.833. The van der Waals surface area contributed by atoms with Gasteiger partial charge in [-0.15, -0.1) is 0 Å². The maximum Gasteiger partial charge on any atom is 0.256 e. The van der Waals surface area contributed by atoms with E-state index in [1.165, 1.54) is 0 Å². The summed E-state index contributed by atoms with van der Waals surface area (Å²) in [5.41, 5.74) is 8.73. The van der Waals surface area contributed by atoms with Gasteiger partial charge in [0, 0.05) is 11.4 Å². The minimum atomic E-state index is -0.182. The minimum Gasteiger partial charge on any atom is -0.398 e. The Morgan fingerprint density at radius 3 is 2.50 bits per heavy atom. The minimum absolute atomic E-state index is 0.182. The van der Waals surface area contributed by atoms with Gasteiger partial charge in [-0.25, -0.2) is 0 Å². The number of halogens is 1. The van der Waals surface area contributed by atoms with E-state index < -0.39 is 0 Å². The van der Waals surface area contributed by atoms with Gasteiger partial charge in [0.1, 0.15) is 0 Å². The Hall–Kier alpha value is -1.81. The number of nitrogens with one attached hydrogen (secondary N) is 1. The van der Waals surface area contributed by atoms with Crippen LogP contribution < -0.4 is 11.1 Å². The molecule has 4 heteroatoms. The maximum absolute atomic E-state index is 12.1. The summed E-state index contributed by atoms with van der Waals surface area (Å²) < 4.78 is 0.620. The Morgan fingerprint density at radius 2 is 1.83 bits per heavy atom. The standard InChI is InChI=1S/C14H13BrN2O/c1-9-5-7-10(8-6-9)17-14(18)11-3-2-4-12(16)13(11)15/h2-8H,16H2,1H3,(H,17,18). The van der Waals surface area contributed by atoms with Gasteiger partial charge >= 0.3 is 0 Å². The van der Waals surface area contributed by atoms with Crippen LogP contribution in [0.25, 0.3) is 0 Å². The summed E-state index contributed by atoms with van der Waals surface area (Å²) in [6.45, 7) is 2.00. The molecule has 0 aliphatic rings. The summed E-state index contributed by atoms with van der Waals surface area (Å²) >= 11 is 3.32. The van der Waals surface area contributed by atoms with Gasteiger partial charge in [-0.2, -0.15) is 0 Å². The molecule has 0 fully saturated rings. The van der Waals surface area contributed by atoms with Crippen molar-refractivity contribution in [2.45, 2.75) is 6.92 Å². The zero-order valence-electron chi connectivity index (χ0n) is 9.91. The molecule has 0 aromatic heterocycles. The van der Waals surface area contributed by atoms with E-state index >= 15 is 0 Å². The molecule has 2 rings (SSSR count). The lowest BCUT2D eigenvalue weighted by atomic mass is 10.1. The zero-order valence-corrected chi connectivity index (χ0v) is 11.5. The summed E-state index contributed by atoms with van der Waals surface area (Å²) in [5, 5.41) is 2.83. The average molecular weight is 305 g/mol. The van der Waals surface area contributed by atoms with Crippen LogP contribution in [-0.2, 0) is 0 Å². The Morgan fingerprint density at radius 1 is 1.17 bits per heavy atom. The SMILES string of the molecule is Cc1ccc(NC(=O)c2cccc(N)c2Br)cc1. The number of benzene rings is 2. The second-order valence-corrected chi connectivity index (χ2v) is 4.82. The molecular formula is C14H13BrN2O. The predicted molar refractivity (Wildman–Crippen MR) is 77.7 cm³/mol. The Balaban J connectivity index is 2.22. The molecular weight excluding hydrogens is 292 g/mol. The third-order valence-corrected chi connectivity index (χ3v) is 3.47. The van der Waals surface area contributed by atoms with Crippen molar-refractivity contribution in [3.8, 4) is 0 Å². The molecule has 0 unspecified atom stereocenters. The summed E-state index contributed by atoms with van der Waals surface area (Å²) in [4.78, 5) is 12.1. The lowest BCUT2D eigenvalue weighted by Crippen LogP contribution is -2.13. The van der Waals surface area contributed by atoms with Crippen LogP contribution in [0.15, 0.2) is 46.9 Å². The third-order valence-electron chi connectivity index (χ3n) is 2.58. The van der Waals surface area contributed by atoms with E-state index in [1.807, 2.05) is 31.2 Å². The highest BCUT2D eigenvalue weighted by atomic mass is 79.9. The number of amides is 1. The molecule has 0 bridgehead atoms. The number of hydrogen-bond acceptors (Lipinski definition) is 2. The molecule has 18 heavy (non-hydrogen) atoms. The van der Waals surface area contributed by atoms with E-state index in [4.69, 9.17) is 5.73 Å². The topological polar surface area (TPSA) is 55.1 Å². The van der Waals surface area contributed by atoms with Crippen LogP contribution in [0.1, 0.15) is 15.9 Å². The number of carbonyl (C=O) groups is 1. The fraction of sp³-hybridized carbons (Fsp3) is 0.0714. The molecule has 0 saturated heterocycles. The average Bonchev–Trinajstić information content (AvgIpc) is 2.35. The van der Waals surface area contributed by atoms with Crippen molar-refractivity contribution in [1.29, 1.82) is 0 Å². The fourth-order valence-corrected chi connectivity index (χ4v) is 2.00. The third kappa shape index (κ3) is 2.71. The number of nitrogens with two attached hydrogens (primary N) is 1. The van der Waals surface area contributed by atoms with Crippen LogP contribution in [0, 0.1) is 6.92 Å². The Bertz CT molecular complexity index is 579. The number of carbonyl (C=O) groups excluding carboxylic acids is 1.